The van der Waals surface area contributed by atoms with Gasteiger partial charge in [-0.05, 0) is 61.5 Å². The van der Waals surface area contributed by atoms with Crippen LogP contribution in [0.2, 0.25) is 0 Å². The first-order valence-electron chi connectivity index (χ1n) is 10.6. The predicted octanol–water partition coefficient (Wildman–Crippen LogP) is 2.76. The van der Waals surface area contributed by atoms with Gasteiger partial charge in [-0.25, -0.2) is 0 Å². The molecule has 0 saturated carbocycles. The monoisotopic (exact) mass is 388 g/mol. The van der Waals surface area contributed by atoms with Crippen LogP contribution in [0, 0.1) is 5.92 Å². The van der Waals surface area contributed by atoms with Gasteiger partial charge in [-0.15, -0.1) is 0 Å². The lowest BCUT2D eigenvalue weighted by molar-refractivity contribution is 0.200. The third-order valence-electron chi connectivity index (χ3n) is 5.86. The second-order valence-electron chi connectivity index (χ2n) is 8.04. The van der Waals surface area contributed by atoms with E-state index < -0.39 is 0 Å². The molecule has 0 amide bonds. The van der Waals surface area contributed by atoms with Crippen molar-refractivity contribution in [2.24, 2.45) is 10.9 Å². The van der Waals surface area contributed by atoms with Gasteiger partial charge in [0.05, 0.1) is 14.2 Å². The molecule has 1 aromatic carbocycles. The Labute approximate surface area is 169 Å². The molecule has 1 fully saturated rings. The van der Waals surface area contributed by atoms with Gasteiger partial charge in [-0.1, -0.05) is 13.3 Å². The Kier molecular flexibility index (Phi) is 7.43. The minimum absolute atomic E-state index is 0.608. The average molecular weight is 389 g/mol. The van der Waals surface area contributed by atoms with Gasteiger partial charge in [0.1, 0.15) is 0 Å². The molecule has 6 nitrogen and oxygen atoms in total. The fourth-order valence-electron chi connectivity index (χ4n) is 4.31. The molecule has 1 atom stereocenters. The Bertz CT molecular complexity index is 671. The molecule has 156 valence electrons. The Morgan fingerprint density at radius 1 is 1.07 bits per heavy atom. The number of rotatable bonds is 6. The predicted molar refractivity (Wildman–Crippen MR) is 114 cm³/mol. The van der Waals surface area contributed by atoms with Crippen LogP contribution < -0.4 is 14.8 Å². The molecular formula is C22H36N4O2. The number of methoxy groups -OCH3 is 2. The number of benzene rings is 1. The largest absolute Gasteiger partial charge is 0.493 e. The van der Waals surface area contributed by atoms with E-state index in [-0.39, 0.29) is 0 Å². The van der Waals surface area contributed by atoms with E-state index in [1.807, 2.05) is 7.05 Å². The fourth-order valence-corrected chi connectivity index (χ4v) is 4.31. The van der Waals surface area contributed by atoms with Crippen molar-refractivity contribution in [1.29, 1.82) is 0 Å². The van der Waals surface area contributed by atoms with Gasteiger partial charge >= 0.3 is 0 Å². The Hall–Kier alpha value is -1.95. The van der Waals surface area contributed by atoms with Crippen LogP contribution in [0.5, 0.6) is 11.5 Å². The molecule has 6 heteroatoms. The van der Waals surface area contributed by atoms with Gasteiger partial charge < -0.3 is 24.6 Å². The van der Waals surface area contributed by atoms with E-state index >= 15 is 0 Å². The summed E-state index contributed by atoms with van der Waals surface area (Å²) in [5, 5.41) is 3.60. The highest BCUT2D eigenvalue weighted by molar-refractivity contribution is 5.80. The molecule has 0 spiro atoms. The van der Waals surface area contributed by atoms with E-state index in [2.05, 4.69) is 39.2 Å². The van der Waals surface area contributed by atoms with Gasteiger partial charge in [-0.2, -0.15) is 0 Å². The van der Waals surface area contributed by atoms with Gasteiger partial charge in [0, 0.05) is 33.2 Å². The highest BCUT2D eigenvalue weighted by Crippen LogP contribution is 2.33. The number of likely N-dealkylation sites (tertiary alicyclic amines) is 1. The van der Waals surface area contributed by atoms with Crippen molar-refractivity contribution in [2.45, 2.75) is 39.2 Å². The van der Waals surface area contributed by atoms with Crippen molar-refractivity contribution in [1.82, 2.24) is 15.1 Å². The molecule has 0 aliphatic carbocycles. The van der Waals surface area contributed by atoms with Crippen LogP contribution in [0.3, 0.4) is 0 Å². The van der Waals surface area contributed by atoms with Crippen LogP contribution in [-0.2, 0) is 13.0 Å². The van der Waals surface area contributed by atoms with Crippen molar-refractivity contribution in [3.63, 3.8) is 0 Å². The molecule has 3 rings (SSSR count). The molecule has 0 aromatic heterocycles. The van der Waals surface area contributed by atoms with E-state index in [9.17, 15) is 0 Å². The number of nitrogens with zero attached hydrogens (tertiary/aromatic N) is 3. The summed E-state index contributed by atoms with van der Waals surface area (Å²) in [5.41, 5.74) is 2.62. The lowest BCUT2D eigenvalue weighted by atomic mass is 9.99. The maximum Gasteiger partial charge on any atom is 0.193 e. The van der Waals surface area contributed by atoms with Crippen LogP contribution in [0.25, 0.3) is 0 Å². The maximum absolute atomic E-state index is 5.48. The minimum Gasteiger partial charge on any atom is -0.493 e. The second-order valence-corrected chi connectivity index (χ2v) is 8.04. The maximum atomic E-state index is 5.48. The van der Waals surface area contributed by atoms with Crippen molar-refractivity contribution in [3.05, 3.63) is 23.3 Å². The SMILES string of the molecule is CN=C(NCC(C)CN1CCCCC1)N1CCc2cc(OC)c(OC)cc2C1. The van der Waals surface area contributed by atoms with Gasteiger partial charge in [0.2, 0.25) is 0 Å². The number of fused-ring (bicyclic) bond motifs is 1. The summed E-state index contributed by atoms with van der Waals surface area (Å²) in [4.78, 5) is 9.48. The lowest BCUT2D eigenvalue weighted by Crippen LogP contribution is -2.46. The van der Waals surface area contributed by atoms with Crippen LogP contribution in [0.4, 0.5) is 0 Å². The molecule has 2 aliphatic heterocycles. The van der Waals surface area contributed by atoms with Crippen molar-refractivity contribution in [3.8, 4) is 11.5 Å². The van der Waals surface area contributed by atoms with Crippen LogP contribution in [0.1, 0.15) is 37.3 Å². The zero-order valence-corrected chi connectivity index (χ0v) is 18.0. The highest BCUT2D eigenvalue weighted by Gasteiger charge is 2.22. The van der Waals surface area contributed by atoms with E-state index in [1.165, 1.54) is 50.0 Å². The molecule has 2 heterocycles. The number of guanidine groups is 1. The molecule has 0 radical (unpaired) electrons. The summed E-state index contributed by atoms with van der Waals surface area (Å²) in [6, 6.07) is 4.22. The third kappa shape index (κ3) is 5.10. The standard InChI is InChI=1S/C22H36N4O2/c1-17(15-25-9-6-5-7-10-25)14-24-22(23-2)26-11-8-18-12-20(27-3)21(28-4)13-19(18)16-26/h12-13,17H,5-11,14-16H2,1-4H3,(H,23,24). The summed E-state index contributed by atoms with van der Waals surface area (Å²) < 4.78 is 10.9. The van der Waals surface area contributed by atoms with Crippen molar-refractivity contribution in [2.75, 3.05) is 54.0 Å². The Morgan fingerprint density at radius 2 is 1.75 bits per heavy atom. The topological polar surface area (TPSA) is 49.3 Å². The van der Waals surface area contributed by atoms with E-state index in [0.29, 0.717) is 5.92 Å². The van der Waals surface area contributed by atoms with Crippen molar-refractivity contribution >= 4 is 5.96 Å². The lowest BCUT2D eigenvalue weighted by Gasteiger charge is -2.33. The summed E-state index contributed by atoms with van der Waals surface area (Å²) in [6.07, 6.45) is 5.08. The van der Waals surface area contributed by atoms with Gasteiger partial charge in [0.25, 0.3) is 0 Å². The quantitative estimate of drug-likeness (QED) is 0.600. The number of hydrogen-bond acceptors (Lipinski definition) is 4. The normalized spacial score (nSPS) is 19.1. The summed E-state index contributed by atoms with van der Waals surface area (Å²) in [5.74, 6) is 3.20. The number of nitrogens with one attached hydrogen (secondary N) is 1. The molecule has 28 heavy (non-hydrogen) atoms. The number of aliphatic imine (C=N–C) groups is 1. The molecular weight excluding hydrogens is 352 g/mol. The summed E-state index contributed by atoms with van der Waals surface area (Å²) in [7, 11) is 5.26. The van der Waals surface area contributed by atoms with Crippen LogP contribution >= 0.6 is 0 Å². The Morgan fingerprint density at radius 3 is 2.39 bits per heavy atom. The zero-order chi connectivity index (χ0) is 19.9. The second kappa shape index (κ2) is 10.0. The molecule has 1 saturated heterocycles. The first kappa shape index (κ1) is 20.8. The fraction of sp³-hybridized carbons (Fsp3) is 0.682. The van der Waals surface area contributed by atoms with E-state index in [1.54, 1.807) is 14.2 Å². The average Bonchev–Trinajstić information content (AvgIpc) is 2.73. The Balaban J connectivity index is 1.56. The van der Waals surface area contributed by atoms with Gasteiger partial charge in [-0.3, -0.25) is 4.99 Å². The van der Waals surface area contributed by atoms with Gasteiger partial charge in [0.15, 0.2) is 17.5 Å². The van der Waals surface area contributed by atoms with E-state index in [4.69, 9.17) is 9.47 Å². The smallest absolute Gasteiger partial charge is 0.193 e. The molecule has 2 aliphatic rings. The number of piperidine rings is 1. The molecule has 0 bridgehead atoms. The third-order valence-corrected chi connectivity index (χ3v) is 5.86. The summed E-state index contributed by atoms with van der Waals surface area (Å²) in [6.45, 7) is 8.78. The van der Waals surface area contributed by atoms with E-state index in [0.717, 1.165) is 43.5 Å². The first-order chi connectivity index (χ1) is 13.6. The van der Waals surface area contributed by atoms with Crippen molar-refractivity contribution < 1.29 is 9.47 Å². The molecule has 1 unspecified atom stereocenters. The number of ether oxygens (including phenoxy) is 2. The minimum atomic E-state index is 0.608. The zero-order valence-electron chi connectivity index (χ0n) is 18.0. The number of hydrogen-bond donors (Lipinski definition) is 1. The van der Waals surface area contributed by atoms with Crippen LogP contribution in [-0.4, -0.2) is 69.8 Å². The summed E-state index contributed by atoms with van der Waals surface area (Å²) >= 11 is 0. The molecule has 1 N–H and O–H groups in total. The van der Waals surface area contributed by atoms with Crippen LogP contribution in [0.15, 0.2) is 17.1 Å². The first-order valence-corrected chi connectivity index (χ1v) is 10.6. The highest BCUT2D eigenvalue weighted by atomic mass is 16.5. The molecule has 1 aromatic rings.